The number of nitrogens with zero attached hydrogens (tertiary/aromatic N) is 1. The highest BCUT2D eigenvalue weighted by Crippen LogP contribution is 2.36. The van der Waals surface area contributed by atoms with Crippen molar-refractivity contribution in [3.63, 3.8) is 0 Å². The Morgan fingerprint density at radius 3 is 2.43 bits per heavy atom. The van der Waals surface area contributed by atoms with E-state index in [1.165, 1.54) is 12.1 Å². The van der Waals surface area contributed by atoms with Crippen LogP contribution in [0.1, 0.15) is 37.4 Å². The van der Waals surface area contributed by atoms with E-state index < -0.39 is 11.0 Å². The molecule has 2 rings (SSSR count). The van der Waals surface area contributed by atoms with Crippen LogP contribution in [0.4, 0.5) is 5.69 Å². The summed E-state index contributed by atoms with van der Waals surface area (Å²) in [6.45, 7) is 1.24. The highest BCUT2D eigenvalue weighted by molar-refractivity contribution is 5.33. The van der Waals surface area contributed by atoms with Gasteiger partial charge < -0.3 is 15.5 Å². The molecular weight excluding hydrogens is 272 g/mol. The third-order valence-corrected chi connectivity index (χ3v) is 4.33. The summed E-state index contributed by atoms with van der Waals surface area (Å²) in [5, 5.41) is 33.4. The van der Waals surface area contributed by atoms with Crippen LogP contribution in [0, 0.1) is 15.5 Å². The fourth-order valence-corrected chi connectivity index (χ4v) is 2.93. The topological polar surface area (TPSA) is 95.6 Å². The van der Waals surface area contributed by atoms with Crippen LogP contribution >= 0.6 is 0 Å². The molecule has 6 heteroatoms. The summed E-state index contributed by atoms with van der Waals surface area (Å²) in [5.41, 5.74) is 0.622. The number of nitro groups is 1. The number of nitro benzene ring substituents is 1. The standard InChI is InChI=1S/C15H22N2O4/c18-11-15(7-1-2-8-15)10-16-9-14(19)12-3-5-13(6-4-12)17(20)21/h3-6,14,16,18-19H,1-2,7-11H2. The maximum atomic E-state index is 10.6. The van der Waals surface area contributed by atoms with E-state index >= 15 is 0 Å². The largest absolute Gasteiger partial charge is 0.396 e. The molecule has 0 amide bonds. The highest BCUT2D eigenvalue weighted by Gasteiger charge is 2.32. The lowest BCUT2D eigenvalue weighted by Gasteiger charge is -2.27. The first kappa shape index (κ1) is 15.9. The molecule has 0 aliphatic heterocycles. The normalized spacial score (nSPS) is 18.6. The van der Waals surface area contributed by atoms with E-state index in [9.17, 15) is 20.3 Å². The van der Waals surface area contributed by atoms with Crippen LogP contribution in [0.5, 0.6) is 0 Å². The van der Waals surface area contributed by atoms with Crippen molar-refractivity contribution in [3.8, 4) is 0 Å². The molecule has 1 aliphatic rings. The van der Waals surface area contributed by atoms with Gasteiger partial charge in [0.25, 0.3) is 5.69 Å². The molecule has 0 heterocycles. The average molecular weight is 294 g/mol. The van der Waals surface area contributed by atoms with Gasteiger partial charge in [-0.3, -0.25) is 10.1 Å². The molecule has 1 saturated carbocycles. The number of aliphatic hydroxyl groups excluding tert-OH is 2. The van der Waals surface area contributed by atoms with Crippen LogP contribution in [0.2, 0.25) is 0 Å². The Kier molecular flexibility index (Phi) is 5.27. The Balaban J connectivity index is 1.84. The van der Waals surface area contributed by atoms with Crippen LogP contribution in [-0.4, -0.2) is 34.8 Å². The first-order valence-electron chi connectivity index (χ1n) is 7.30. The summed E-state index contributed by atoms with van der Waals surface area (Å²) in [5.74, 6) is 0. The molecule has 0 bridgehead atoms. The van der Waals surface area contributed by atoms with Gasteiger partial charge in [0.15, 0.2) is 0 Å². The molecule has 0 saturated heterocycles. The third kappa shape index (κ3) is 4.00. The second-order valence-corrected chi connectivity index (χ2v) is 5.86. The van der Waals surface area contributed by atoms with Crippen LogP contribution in [0.25, 0.3) is 0 Å². The summed E-state index contributed by atoms with van der Waals surface area (Å²) in [6, 6.07) is 5.93. The van der Waals surface area contributed by atoms with Gasteiger partial charge in [-0.1, -0.05) is 12.8 Å². The lowest BCUT2D eigenvalue weighted by molar-refractivity contribution is -0.384. The second-order valence-electron chi connectivity index (χ2n) is 5.86. The van der Waals surface area contributed by atoms with E-state index in [0.29, 0.717) is 18.7 Å². The van der Waals surface area contributed by atoms with Crippen molar-refractivity contribution in [1.29, 1.82) is 0 Å². The monoisotopic (exact) mass is 294 g/mol. The van der Waals surface area contributed by atoms with Crippen LogP contribution < -0.4 is 5.32 Å². The molecule has 0 aromatic heterocycles. The van der Waals surface area contributed by atoms with Crippen LogP contribution in [-0.2, 0) is 0 Å². The van der Waals surface area contributed by atoms with E-state index in [-0.39, 0.29) is 17.7 Å². The molecule has 3 N–H and O–H groups in total. The fourth-order valence-electron chi connectivity index (χ4n) is 2.93. The molecule has 6 nitrogen and oxygen atoms in total. The van der Waals surface area contributed by atoms with Crippen molar-refractivity contribution in [2.45, 2.75) is 31.8 Å². The zero-order valence-electron chi connectivity index (χ0n) is 12.0. The molecule has 1 atom stereocenters. The summed E-state index contributed by atoms with van der Waals surface area (Å²) in [7, 11) is 0. The lowest BCUT2D eigenvalue weighted by atomic mass is 9.87. The highest BCUT2D eigenvalue weighted by atomic mass is 16.6. The van der Waals surface area contributed by atoms with Crippen molar-refractivity contribution >= 4 is 5.69 Å². The first-order valence-corrected chi connectivity index (χ1v) is 7.30. The van der Waals surface area contributed by atoms with Gasteiger partial charge in [-0.05, 0) is 30.5 Å². The zero-order chi connectivity index (χ0) is 15.3. The van der Waals surface area contributed by atoms with E-state index in [1.807, 2.05) is 0 Å². The van der Waals surface area contributed by atoms with Crippen molar-refractivity contribution in [3.05, 3.63) is 39.9 Å². The van der Waals surface area contributed by atoms with Gasteiger partial charge in [-0.15, -0.1) is 0 Å². The molecule has 1 unspecified atom stereocenters. The SMILES string of the molecule is O=[N+]([O-])c1ccc(C(O)CNCC2(CO)CCCC2)cc1. The number of nitrogens with one attached hydrogen (secondary N) is 1. The molecule has 116 valence electrons. The molecule has 0 radical (unpaired) electrons. The number of aliphatic hydroxyl groups is 2. The van der Waals surface area contributed by atoms with Gasteiger partial charge >= 0.3 is 0 Å². The second kappa shape index (κ2) is 6.98. The first-order chi connectivity index (χ1) is 10.1. The maximum absolute atomic E-state index is 10.6. The van der Waals surface area contributed by atoms with Crippen LogP contribution in [0.15, 0.2) is 24.3 Å². The van der Waals surface area contributed by atoms with E-state index in [2.05, 4.69) is 5.32 Å². The van der Waals surface area contributed by atoms with Gasteiger partial charge in [-0.2, -0.15) is 0 Å². The Morgan fingerprint density at radius 2 is 1.90 bits per heavy atom. The van der Waals surface area contributed by atoms with E-state index in [0.717, 1.165) is 25.7 Å². The predicted molar refractivity (Wildman–Crippen MR) is 78.9 cm³/mol. The Bertz CT molecular complexity index is 469. The van der Waals surface area contributed by atoms with Crippen molar-refractivity contribution in [2.24, 2.45) is 5.41 Å². The molecular formula is C15H22N2O4. The quantitative estimate of drug-likeness (QED) is 0.526. The van der Waals surface area contributed by atoms with Gasteiger partial charge in [0.1, 0.15) is 0 Å². The molecule has 1 aromatic rings. The van der Waals surface area contributed by atoms with Crippen molar-refractivity contribution in [1.82, 2.24) is 5.32 Å². The minimum Gasteiger partial charge on any atom is -0.396 e. The minimum atomic E-state index is -0.706. The molecule has 1 fully saturated rings. The van der Waals surface area contributed by atoms with E-state index in [1.54, 1.807) is 12.1 Å². The van der Waals surface area contributed by atoms with Crippen molar-refractivity contribution < 1.29 is 15.1 Å². The summed E-state index contributed by atoms with van der Waals surface area (Å²) in [6.07, 6.45) is 3.62. The van der Waals surface area contributed by atoms with Gasteiger partial charge in [0.05, 0.1) is 11.0 Å². The van der Waals surface area contributed by atoms with Crippen LogP contribution in [0.3, 0.4) is 0 Å². The Hall–Kier alpha value is -1.50. The average Bonchev–Trinajstić information content (AvgIpc) is 2.96. The minimum absolute atomic E-state index is 0.0177. The molecule has 1 aromatic carbocycles. The molecule has 1 aliphatic carbocycles. The molecule has 21 heavy (non-hydrogen) atoms. The maximum Gasteiger partial charge on any atom is 0.269 e. The number of non-ortho nitro benzene ring substituents is 1. The zero-order valence-corrected chi connectivity index (χ0v) is 12.0. The lowest BCUT2D eigenvalue weighted by Crippen LogP contribution is -2.37. The van der Waals surface area contributed by atoms with Gasteiger partial charge in [0.2, 0.25) is 0 Å². The summed E-state index contributed by atoms with van der Waals surface area (Å²) in [4.78, 5) is 10.1. The predicted octanol–water partition coefficient (Wildman–Crippen LogP) is 1.77. The van der Waals surface area contributed by atoms with Crippen molar-refractivity contribution in [2.75, 3.05) is 19.7 Å². The third-order valence-electron chi connectivity index (χ3n) is 4.33. The Morgan fingerprint density at radius 1 is 1.29 bits per heavy atom. The number of rotatable bonds is 7. The number of hydrogen-bond donors (Lipinski definition) is 3. The smallest absolute Gasteiger partial charge is 0.269 e. The molecule has 0 spiro atoms. The summed E-state index contributed by atoms with van der Waals surface area (Å²) < 4.78 is 0. The Labute approximate surface area is 124 Å². The van der Waals surface area contributed by atoms with E-state index in [4.69, 9.17) is 0 Å². The van der Waals surface area contributed by atoms with Gasteiger partial charge in [-0.25, -0.2) is 0 Å². The summed E-state index contributed by atoms with van der Waals surface area (Å²) >= 11 is 0. The number of hydrogen-bond acceptors (Lipinski definition) is 5. The van der Waals surface area contributed by atoms with Gasteiger partial charge in [0, 0.05) is 37.2 Å². The fraction of sp³-hybridized carbons (Fsp3) is 0.600. The number of benzene rings is 1.